The van der Waals surface area contributed by atoms with Crippen molar-refractivity contribution in [2.24, 2.45) is 5.73 Å². The molecule has 0 fully saturated rings. The molecule has 2 heterocycles. The molecule has 2 amide bonds. The quantitative estimate of drug-likeness (QED) is 0.543. The van der Waals surface area contributed by atoms with Crippen LogP contribution in [-0.2, 0) is 4.79 Å². The fraction of sp³-hybridized carbons (Fsp3) is 0.292. The van der Waals surface area contributed by atoms with Gasteiger partial charge in [-0.2, -0.15) is 0 Å². The Bertz CT molecular complexity index is 1270. The van der Waals surface area contributed by atoms with E-state index < -0.39 is 11.9 Å². The van der Waals surface area contributed by atoms with Crippen LogP contribution in [0, 0.1) is 0 Å². The van der Waals surface area contributed by atoms with Gasteiger partial charge in [0, 0.05) is 11.6 Å². The van der Waals surface area contributed by atoms with Crippen LogP contribution in [-0.4, -0.2) is 55.4 Å². The first-order valence-corrected chi connectivity index (χ1v) is 10.9. The van der Waals surface area contributed by atoms with Gasteiger partial charge in [0.15, 0.2) is 12.0 Å². The van der Waals surface area contributed by atoms with E-state index in [1.54, 1.807) is 47.4 Å². The van der Waals surface area contributed by atoms with E-state index in [4.69, 9.17) is 26.5 Å². The van der Waals surface area contributed by atoms with Gasteiger partial charge in [-0.1, -0.05) is 23.7 Å². The van der Waals surface area contributed by atoms with E-state index in [0.29, 0.717) is 33.8 Å². The monoisotopic (exact) mass is 469 g/mol. The molecular formula is C24H24ClN3O5. The van der Waals surface area contributed by atoms with Gasteiger partial charge in [-0.25, -0.2) is 0 Å². The average Bonchev–Trinajstić information content (AvgIpc) is 3.05. The Kier molecular flexibility index (Phi) is 6.40. The molecule has 1 atom stereocenters. The van der Waals surface area contributed by atoms with Crippen molar-refractivity contribution < 1.29 is 18.7 Å². The zero-order valence-corrected chi connectivity index (χ0v) is 19.1. The van der Waals surface area contributed by atoms with Gasteiger partial charge >= 0.3 is 0 Å². The summed E-state index contributed by atoms with van der Waals surface area (Å²) in [6.45, 7) is 0.991. The molecule has 1 aliphatic heterocycles. The minimum atomic E-state index is -0.612. The zero-order chi connectivity index (χ0) is 23.7. The highest BCUT2D eigenvalue weighted by Gasteiger charge is 2.42. The molecule has 1 unspecified atom stereocenters. The highest BCUT2D eigenvalue weighted by atomic mass is 35.5. The number of hydrogen-bond acceptors (Lipinski definition) is 6. The Balaban J connectivity index is 1.79. The molecule has 172 valence electrons. The van der Waals surface area contributed by atoms with Gasteiger partial charge in [0.1, 0.15) is 11.3 Å². The Hall–Kier alpha value is -3.36. The number of benzene rings is 2. The molecular weight excluding hydrogens is 446 g/mol. The van der Waals surface area contributed by atoms with E-state index >= 15 is 0 Å². The van der Waals surface area contributed by atoms with Gasteiger partial charge < -0.3 is 24.7 Å². The van der Waals surface area contributed by atoms with Crippen LogP contribution in [0.3, 0.4) is 0 Å². The second kappa shape index (κ2) is 9.25. The smallest absolute Gasteiger partial charge is 0.290 e. The second-order valence-electron chi connectivity index (χ2n) is 8.20. The molecule has 8 nitrogen and oxygen atoms in total. The summed E-state index contributed by atoms with van der Waals surface area (Å²) in [5.41, 5.74) is 6.19. The largest absolute Gasteiger partial charge is 0.484 e. The van der Waals surface area contributed by atoms with Crippen molar-refractivity contribution in [3.05, 3.63) is 74.6 Å². The normalized spacial score (nSPS) is 15.3. The maximum Gasteiger partial charge on any atom is 0.290 e. The third-order valence-electron chi connectivity index (χ3n) is 5.51. The van der Waals surface area contributed by atoms with Crippen molar-refractivity contribution in [3.8, 4) is 5.75 Å². The number of carbonyl (C=O) groups is 2. The molecule has 0 saturated carbocycles. The molecule has 2 N–H and O–H groups in total. The first-order valence-electron chi connectivity index (χ1n) is 10.5. The van der Waals surface area contributed by atoms with Crippen molar-refractivity contribution in [2.45, 2.75) is 12.5 Å². The number of amides is 2. The summed E-state index contributed by atoms with van der Waals surface area (Å²) in [6, 6.07) is 11.1. The molecule has 4 rings (SSSR count). The number of nitrogens with zero attached hydrogens (tertiary/aromatic N) is 2. The molecule has 0 bridgehead atoms. The average molecular weight is 470 g/mol. The number of nitrogens with two attached hydrogens (primary N) is 1. The maximum atomic E-state index is 13.5. The van der Waals surface area contributed by atoms with Crippen LogP contribution in [0.2, 0.25) is 5.02 Å². The van der Waals surface area contributed by atoms with Crippen molar-refractivity contribution in [1.29, 1.82) is 0 Å². The Morgan fingerprint density at radius 1 is 1.18 bits per heavy atom. The summed E-state index contributed by atoms with van der Waals surface area (Å²) >= 11 is 6.11. The van der Waals surface area contributed by atoms with Gasteiger partial charge in [0.2, 0.25) is 5.76 Å². The zero-order valence-electron chi connectivity index (χ0n) is 18.3. The summed E-state index contributed by atoms with van der Waals surface area (Å²) in [4.78, 5) is 41.5. The lowest BCUT2D eigenvalue weighted by molar-refractivity contribution is -0.119. The lowest BCUT2D eigenvalue weighted by Gasteiger charge is -2.26. The summed E-state index contributed by atoms with van der Waals surface area (Å²) in [5, 5.41) is 0.741. The third kappa shape index (κ3) is 4.58. The lowest BCUT2D eigenvalue weighted by Crippen LogP contribution is -2.32. The van der Waals surface area contributed by atoms with Crippen LogP contribution in [0.25, 0.3) is 11.0 Å². The van der Waals surface area contributed by atoms with Crippen molar-refractivity contribution in [3.63, 3.8) is 0 Å². The van der Waals surface area contributed by atoms with E-state index in [2.05, 4.69) is 0 Å². The third-order valence-corrected chi connectivity index (χ3v) is 5.74. The van der Waals surface area contributed by atoms with E-state index in [1.165, 1.54) is 0 Å². The lowest BCUT2D eigenvalue weighted by atomic mass is 9.98. The summed E-state index contributed by atoms with van der Waals surface area (Å²) in [5.74, 6) is -0.390. The molecule has 1 aliphatic rings. The summed E-state index contributed by atoms with van der Waals surface area (Å²) in [7, 11) is 3.93. The van der Waals surface area contributed by atoms with Crippen LogP contribution < -0.4 is 15.9 Å². The van der Waals surface area contributed by atoms with Gasteiger partial charge in [-0.05, 0) is 63.0 Å². The molecule has 0 aliphatic carbocycles. The first-order chi connectivity index (χ1) is 15.8. The topological polar surface area (TPSA) is 106 Å². The standard InChI is InChI=1S/C24H24ClN3O5/c1-27(2)10-3-11-28-21(14-4-7-16(8-5-14)32-13-19(26)29)20-22(30)17-12-15(25)6-9-18(17)33-23(20)24(28)31/h4-9,12,21H,3,10-11,13H2,1-2H3,(H2,26,29). The molecule has 0 spiro atoms. The first kappa shape index (κ1) is 22.8. The maximum absolute atomic E-state index is 13.5. The van der Waals surface area contributed by atoms with Crippen molar-refractivity contribution in [1.82, 2.24) is 9.80 Å². The molecule has 3 aromatic rings. The number of carbonyl (C=O) groups excluding carboxylic acids is 2. The molecule has 0 radical (unpaired) electrons. The number of ether oxygens (including phenoxy) is 1. The minimum absolute atomic E-state index is 0.0544. The number of primary amides is 1. The number of rotatable bonds is 8. The van der Waals surface area contributed by atoms with Crippen LogP contribution in [0.4, 0.5) is 0 Å². The fourth-order valence-corrected chi connectivity index (χ4v) is 4.20. The predicted octanol–water partition coefficient (Wildman–Crippen LogP) is 2.81. The minimum Gasteiger partial charge on any atom is -0.484 e. The van der Waals surface area contributed by atoms with Gasteiger partial charge in [0.05, 0.1) is 17.0 Å². The number of halogens is 1. The van der Waals surface area contributed by atoms with Gasteiger partial charge in [0.25, 0.3) is 11.8 Å². The predicted molar refractivity (Wildman–Crippen MR) is 125 cm³/mol. The molecule has 9 heteroatoms. The van der Waals surface area contributed by atoms with Crippen molar-refractivity contribution in [2.75, 3.05) is 33.8 Å². The highest BCUT2D eigenvalue weighted by Crippen LogP contribution is 2.38. The SMILES string of the molecule is CN(C)CCCN1C(=O)c2oc3ccc(Cl)cc3c(=O)c2C1c1ccc(OCC(N)=O)cc1. The molecule has 1 aromatic heterocycles. The Labute approximate surface area is 195 Å². The molecule has 2 aromatic carbocycles. The fourth-order valence-electron chi connectivity index (χ4n) is 4.03. The van der Waals surface area contributed by atoms with E-state index in [0.717, 1.165) is 18.5 Å². The molecule has 33 heavy (non-hydrogen) atoms. The molecule has 0 saturated heterocycles. The van der Waals surface area contributed by atoms with E-state index in [-0.39, 0.29) is 23.7 Å². The Morgan fingerprint density at radius 2 is 1.91 bits per heavy atom. The summed E-state index contributed by atoms with van der Waals surface area (Å²) in [6.07, 6.45) is 0.725. The van der Waals surface area contributed by atoms with Crippen molar-refractivity contribution >= 4 is 34.4 Å². The van der Waals surface area contributed by atoms with Crippen LogP contribution in [0.15, 0.2) is 51.7 Å². The number of hydrogen-bond donors (Lipinski definition) is 1. The highest BCUT2D eigenvalue weighted by molar-refractivity contribution is 6.31. The van der Waals surface area contributed by atoms with E-state index in [1.807, 2.05) is 19.0 Å². The summed E-state index contributed by atoms with van der Waals surface area (Å²) < 4.78 is 11.2. The van der Waals surface area contributed by atoms with Crippen LogP contribution >= 0.6 is 11.6 Å². The van der Waals surface area contributed by atoms with Crippen LogP contribution in [0.1, 0.15) is 34.1 Å². The van der Waals surface area contributed by atoms with Crippen LogP contribution in [0.5, 0.6) is 5.75 Å². The van der Waals surface area contributed by atoms with Gasteiger partial charge in [-0.3, -0.25) is 14.4 Å². The Morgan fingerprint density at radius 3 is 2.58 bits per heavy atom. The van der Waals surface area contributed by atoms with E-state index in [9.17, 15) is 14.4 Å². The van der Waals surface area contributed by atoms with Gasteiger partial charge in [-0.15, -0.1) is 0 Å². The second-order valence-corrected chi connectivity index (χ2v) is 8.63. The number of fused-ring (bicyclic) bond motifs is 2.